The Balaban J connectivity index is 0.914. The molecule has 0 saturated heterocycles. The number of methoxy groups -OCH3 is 1. The van der Waals surface area contributed by atoms with Crippen LogP contribution in [0.3, 0.4) is 0 Å². The van der Waals surface area contributed by atoms with Crippen molar-refractivity contribution in [1.29, 1.82) is 0 Å². The van der Waals surface area contributed by atoms with E-state index in [0.717, 1.165) is 17.0 Å². The number of hydrogen-bond acceptors (Lipinski definition) is 13. The van der Waals surface area contributed by atoms with Gasteiger partial charge in [0, 0.05) is 90.1 Å². The Bertz CT molecular complexity index is 2870. The molecule has 1 fully saturated rings. The summed E-state index contributed by atoms with van der Waals surface area (Å²) in [7, 11) is 1.61. The third-order valence-corrected chi connectivity index (χ3v) is 13.2. The normalized spacial score (nSPS) is 18.2. The number of carboxylic acids is 2. The maximum Gasteiger partial charge on any atom is 0.341 e. The van der Waals surface area contributed by atoms with Crippen LogP contribution in [0, 0.1) is 18.8 Å². The zero-order chi connectivity index (χ0) is 42.7. The molecular formula is C42H34Cl2N4O11S2. The molecule has 61 heavy (non-hydrogen) atoms. The van der Waals surface area contributed by atoms with E-state index in [4.69, 9.17) is 51.9 Å². The number of carboxylic acid groups (broad SMARTS) is 2. The second-order valence-electron chi connectivity index (χ2n) is 14.8. The van der Waals surface area contributed by atoms with Crippen LogP contribution in [0.2, 0.25) is 10.0 Å². The third kappa shape index (κ3) is 7.87. The predicted octanol–water partition coefficient (Wildman–Crippen LogP) is 7.82. The molecule has 4 unspecified atom stereocenters. The summed E-state index contributed by atoms with van der Waals surface area (Å²) in [6, 6.07) is 9.18. The molecule has 2 N–H and O–H groups in total. The van der Waals surface area contributed by atoms with Gasteiger partial charge in [-0.2, -0.15) is 0 Å². The number of nitrogens with zero attached hydrogens (tertiary/aromatic N) is 4. The van der Waals surface area contributed by atoms with Crippen LogP contribution in [-0.2, 0) is 11.2 Å². The number of benzene rings is 2. The van der Waals surface area contributed by atoms with Crippen molar-refractivity contribution < 1.29 is 43.5 Å². The molecule has 0 radical (unpaired) electrons. The molecule has 15 nitrogen and oxygen atoms in total. The predicted molar refractivity (Wildman–Crippen MR) is 225 cm³/mol. The van der Waals surface area contributed by atoms with Gasteiger partial charge in [-0.3, -0.25) is 9.59 Å². The number of aryl methyl sites for hydroxylation is 1. The maximum absolute atomic E-state index is 12.9. The van der Waals surface area contributed by atoms with Crippen LogP contribution in [-0.4, -0.2) is 68.2 Å². The highest BCUT2D eigenvalue weighted by Crippen LogP contribution is 2.48. The molecule has 3 aliphatic rings. The SMILES string of the molecule is COCCCOc1cc2c(cc1Cl)-c1cc(=O)c(C(=O)O)cn1C(c1ncc(CC3CC3COc3cc4c(cc3Cl)-c3cc(=O)c(C(=O)O)cn3C(c3nc(C)cs3)O4)s1)O2. The quantitative estimate of drug-likeness (QED) is 0.101. The summed E-state index contributed by atoms with van der Waals surface area (Å²) in [5.74, 6) is -0.596. The number of thiazole rings is 2. The number of pyridine rings is 2. The summed E-state index contributed by atoms with van der Waals surface area (Å²) in [6.07, 6.45) is 4.87. The Hall–Kier alpha value is -5.72. The fourth-order valence-electron chi connectivity index (χ4n) is 7.44. The summed E-state index contributed by atoms with van der Waals surface area (Å²) in [5.41, 5.74) is 0.562. The van der Waals surface area contributed by atoms with Gasteiger partial charge in [-0.15, -0.1) is 22.7 Å². The molecule has 6 heterocycles. The van der Waals surface area contributed by atoms with Crippen molar-refractivity contribution in [3.05, 3.63) is 123 Å². The van der Waals surface area contributed by atoms with Crippen molar-refractivity contribution in [2.24, 2.45) is 11.8 Å². The van der Waals surface area contributed by atoms with Gasteiger partial charge in [0.25, 0.3) is 0 Å². The lowest BCUT2D eigenvalue weighted by atomic mass is 10.1. The van der Waals surface area contributed by atoms with Gasteiger partial charge in [-0.05, 0) is 43.7 Å². The first kappa shape index (κ1) is 40.7. The van der Waals surface area contributed by atoms with Crippen molar-refractivity contribution in [2.45, 2.75) is 38.6 Å². The molecule has 0 spiro atoms. The van der Waals surface area contributed by atoms with Gasteiger partial charge in [-0.25, -0.2) is 19.6 Å². The van der Waals surface area contributed by atoms with E-state index in [-0.39, 0.29) is 17.4 Å². The molecular weight excluding hydrogens is 872 g/mol. The fourth-order valence-corrected chi connectivity index (χ4v) is 9.74. The van der Waals surface area contributed by atoms with E-state index >= 15 is 0 Å². The van der Waals surface area contributed by atoms with Crippen LogP contribution in [0.15, 0.2) is 70.0 Å². The molecule has 1 aliphatic carbocycles. The van der Waals surface area contributed by atoms with Crippen LogP contribution in [0.1, 0.15) is 66.6 Å². The topological polar surface area (TPSA) is 191 Å². The molecule has 2 aliphatic heterocycles. The molecule has 6 aromatic rings. The molecule has 2 aromatic carbocycles. The fraction of sp³-hybridized carbons (Fsp3) is 0.286. The highest BCUT2D eigenvalue weighted by Gasteiger charge is 2.39. The van der Waals surface area contributed by atoms with Gasteiger partial charge >= 0.3 is 11.9 Å². The van der Waals surface area contributed by atoms with Gasteiger partial charge in [0.15, 0.2) is 20.9 Å². The number of carbonyl (C=O) groups is 2. The number of hydrogen-bond donors (Lipinski definition) is 2. The molecule has 9 rings (SSSR count). The summed E-state index contributed by atoms with van der Waals surface area (Å²) in [6.45, 7) is 3.09. The van der Waals surface area contributed by atoms with Crippen molar-refractivity contribution >= 4 is 57.8 Å². The Kier molecular flexibility index (Phi) is 10.9. The first-order valence-corrected chi connectivity index (χ1v) is 21.4. The summed E-state index contributed by atoms with van der Waals surface area (Å²) in [5, 5.41) is 23.1. The molecule has 314 valence electrons. The highest BCUT2D eigenvalue weighted by atomic mass is 35.5. The minimum atomic E-state index is -1.36. The lowest BCUT2D eigenvalue weighted by molar-refractivity contribution is 0.0682. The van der Waals surface area contributed by atoms with E-state index in [1.54, 1.807) is 46.7 Å². The number of aromatic carboxylic acids is 2. The largest absolute Gasteiger partial charge is 0.492 e. The monoisotopic (exact) mass is 904 g/mol. The van der Waals surface area contributed by atoms with Crippen LogP contribution in [0.5, 0.6) is 23.0 Å². The van der Waals surface area contributed by atoms with Crippen LogP contribution >= 0.6 is 45.9 Å². The lowest BCUT2D eigenvalue weighted by Gasteiger charge is -2.30. The average Bonchev–Trinajstić information content (AvgIpc) is 3.54. The number of ether oxygens (including phenoxy) is 5. The van der Waals surface area contributed by atoms with Gasteiger partial charge < -0.3 is 43.0 Å². The van der Waals surface area contributed by atoms with E-state index in [2.05, 4.69) is 4.98 Å². The average molecular weight is 906 g/mol. The zero-order valence-electron chi connectivity index (χ0n) is 32.3. The minimum absolute atomic E-state index is 0.215. The maximum atomic E-state index is 12.9. The van der Waals surface area contributed by atoms with Gasteiger partial charge in [0.05, 0.1) is 34.6 Å². The van der Waals surface area contributed by atoms with E-state index in [1.807, 2.05) is 12.3 Å². The van der Waals surface area contributed by atoms with Crippen molar-refractivity contribution in [3.8, 4) is 45.5 Å². The number of fused-ring (bicyclic) bond motifs is 6. The molecule has 1 saturated carbocycles. The van der Waals surface area contributed by atoms with Crippen LogP contribution in [0.4, 0.5) is 0 Å². The highest BCUT2D eigenvalue weighted by molar-refractivity contribution is 7.11. The first-order chi connectivity index (χ1) is 29.4. The van der Waals surface area contributed by atoms with E-state index < -0.39 is 40.8 Å². The standard InChI is InChI=1S/C42H34Cl2N4O11S2/c1-19-18-60-38(46-19)40-48-16-26(42(53)54)32(50)11-30(48)24-9-28(44)36(13-34(24)59-40)57-17-21-6-20(21)7-22-14-45-37(61-22)39-47-15-25(41(51)52)31(49)10-29(47)23-8-27(43)35(12-33(23)58-39)56-5-3-4-55-2/h8-16,18,20-21,39-40H,3-7,17H2,1-2H3,(H,51,52)(H,53,54). The Labute approximate surface area is 364 Å². The van der Waals surface area contributed by atoms with Crippen LogP contribution in [0.25, 0.3) is 22.5 Å². The third-order valence-electron chi connectivity index (χ3n) is 10.6. The molecule has 19 heteroatoms. The molecule has 4 aromatic heterocycles. The number of aromatic nitrogens is 4. The Morgan fingerprint density at radius 1 is 0.836 bits per heavy atom. The molecule has 4 atom stereocenters. The lowest BCUT2D eigenvalue weighted by Crippen LogP contribution is -2.27. The number of halogens is 2. The second kappa shape index (κ2) is 16.3. The van der Waals surface area contributed by atoms with Gasteiger partial charge in [0.2, 0.25) is 12.5 Å². The molecule has 0 bridgehead atoms. The summed E-state index contributed by atoms with van der Waals surface area (Å²) in [4.78, 5) is 59.8. The van der Waals surface area contributed by atoms with Crippen LogP contribution < -0.4 is 29.8 Å². The Morgan fingerprint density at radius 2 is 1.43 bits per heavy atom. The summed E-state index contributed by atoms with van der Waals surface area (Å²) < 4.78 is 33.3. The van der Waals surface area contributed by atoms with Crippen molar-refractivity contribution in [3.63, 3.8) is 0 Å². The van der Waals surface area contributed by atoms with Gasteiger partial charge in [-0.1, -0.05) is 23.2 Å². The van der Waals surface area contributed by atoms with Gasteiger partial charge in [0.1, 0.15) is 34.1 Å². The van der Waals surface area contributed by atoms with E-state index in [0.29, 0.717) is 98.2 Å². The zero-order valence-corrected chi connectivity index (χ0v) is 35.4. The number of rotatable bonds is 14. The van der Waals surface area contributed by atoms with Crippen molar-refractivity contribution in [2.75, 3.05) is 26.9 Å². The van der Waals surface area contributed by atoms with E-state index in [1.165, 1.54) is 47.2 Å². The first-order valence-electron chi connectivity index (χ1n) is 19.0. The Morgan fingerprint density at radius 3 is 1.98 bits per heavy atom. The van der Waals surface area contributed by atoms with Crippen molar-refractivity contribution in [1.82, 2.24) is 19.1 Å². The molecule has 0 amide bonds. The summed E-state index contributed by atoms with van der Waals surface area (Å²) >= 11 is 16.1. The smallest absolute Gasteiger partial charge is 0.341 e. The minimum Gasteiger partial charge on any atom is -0.492 e. The van der Waals surface area contributed by atoms with E-state index in [9.17, 15) is 29.4 Å². The second-order valence-corrected chi connectivity index (χ2v) is 17.6.